The summed E-state index contributed by atoms with van der Waals surface area (Å²) in [4.78, 5) is 7.10. The number of sulfonamides is 1. The van der Waals surface area contributed by atoms with E-state index >= 15 is 0 Å². The third-order valence-electron chi connectivity index (χ3n) is 5.05. The monoisotopic (exact) mass is 385 g/mol. The molecule has 27 heavy (non-hydrogen) atoms. The Balaban J connectivity index is 1.59. The van der Waals surface area contributed by atoms with Gasteiger partial charge in [-0.15, -0.1) is 0 Å². The molecule has 2 heterocycles. The average Bonchev–Trinajstić information content (AvgIpc) is 3.26. The molecule has 6 nitrogen and oxygen atoms in total. The molecule has 7 heteroatoms. The smallest absolute Gasteiger partial charge is 0.243 e. The van der Waals surface area contributed by atoms with Gasteiger partial charge in [0.1, 0.15) is 5.52 Å². The van der Waals surface area contributed by atoms with Crippen molar-refractivity contribution in [3.05, 3.63) is 53.9 Å². The molecule has 1 aliphatic rings. The zero-order valence-corrected chi connectivity index (χ0v) is 16.4. The summed E-state index contributed by atoms with van der Waals surface area (Å²) in [6.45, 7) is 6.05. The lowest BCUT2D eigenvalue weighted by Crippen LogP contribution is -2.30. The van der Waals surface area contributed by atoms with E-state index in [1.54, 1.807) is 6.07 Å². The van der Waals surface area contributed by atoms with E-state index in [1.807, 2.05) is 50.2 Å². The van der Waals surface area contributed by atoms with Gasteiger partial charge in [0, 0.05) is 25.3 Å². The predicted molar refractivity (Wildman–Crippen MR) is 105 cm³/mol. The molecule has 0 spiro atoms. The van der Waals surface area contributed by atoms with E-state index in [4.69, 9.17) is 4.42 Å². The average molecular weight is 385 g/mol. The molecule has 0 fully saturated rings. The van der Waals surface area contributed by atoms with Gasteiger partial charge in [-0.2, -0.15) is 4.31 Å². The van der Waals surface area contributed by atoms with Crippen LogP contribution in [0.2, 0.25) is 0 Å². The minimum Gasteiger partial charge on any atom is -0.439 e. The minimum absolute atomic E-state index is 0.369. The Labute approximate surface area is 159 Å². The summed E-state index contributed by atoms with van der Waals surface area (Å²) in [6.07, 6.45) is 0.817. The first-order chi connectivity index (χ1) is 13.0. The summed E-state index contributed by atoms with van der Waals surface area (Å²) < 4.78 is 32.8. The number of fused-ring (bicyclic) bond motifs is 2. The zero-order valence-electron chi connectivity index (χ0n) is 15.6. The van der Waals surface area contributed by atoms with Crippen LogP contribution in [0.1, 0.15) is 25.3 Å². The molecule has 0 radical (unpaired) electrons. The molecule has 0 unspecified atom stereocenters. The van der Waals surface area contributed by atoms with E-state index in [-0.39, 0.29) is 0 Å². The van der Waals surface area contributed by atoms with Crippen molar-refractivity contribution in [1.29, 1.82) is 0 Å². The zero-order chi connectivity index (χ0) is 19.0. The summed E-state index contributed by atoms with van der Waals surface area (Å²) >= 11 is 0. The molecule has 142 valence electrons. The van der Waals surface area contributed by atoms with E-state index < -0.39 is 10.0 Å². The van der Waals surface area contributed by atoms with Gasteiger partial charge in [-0.25, -0.2) is 13.4 Å². The molecule has 0 aliphatic carbocycles. The number of benzene rings is 2. The number of hydrogen-bond donors (Lipinski definition) is 0. The highest BCUT2D eigenvalue weighted by Gasteiger charge is 2.26. The summed E-state index contributed by atoms with van der Waals surface area (Å²) in [5.41, 5.74) is 3.75. The van der Waals surface area contributed by atoms with Crippen LogP contribution in [-0.4, -0.2) is 37.3 Å². The third kappa shape index (κ3) is 3.21. The van der Waals surface area contributed by atoms with Gasteiger partial charge in [0.25, 0.3) is 0 Å². The Morgan fingerprint density at radius 2 is 1.93 bits per heavy atom. The maximum absolute atomic E-state index is 12.8. The molecule has 0 atom stereocenters. The van der Waals surface area contributed by atoms with Crippen molar-refractivity contribution in [1.82, 2.24) is 9.29 Å². The number of nitrogens with zero attached hydrogens (tertiary/aromatic N) is 3. The van der Waals surface area contributed by atoms with Gasteiger partial charge in [-0.05, 0) is 42.3 Å². The first kappa shape index (κ1) is 18.0. The van der Waals surface area contributed by atoms with Gasteiger partial charge in [0.2, 0.25) is 15.9 Å². The number of anilines is 1. The minimum atomic E-state index is -3.43. The predicted octanol–water partition coefficient (Wildman–Crippen LogP) is 3.42. The quantitative estimate of drug-likeness (QED) is 0.650. The second-order valence-corrected chi connectivity index (χ2v) is 8.56. The van der Waals surface area contributed by atoms with Crippen LogP contribution in [-0.2, 0) is 23.0 Å². The normalized spacial score (nSPS) is 14.3. The van der Waals surface area contributed by atoms with Crippen molar-refractivity contribution in [2.75, 3.05) is 24.5 Å². The number of oxazole rings is 1. The lowest BCUT2D eigenvalue weighted by Gasteiger charge is -2.20. The van der Waals surface area contributed by atoms with Crippen LogP contribution < -0.4 is 4.90 Å². The lowest BCUT2D eigenvalue weighted by atomic mass is 10.2. The van der Waals surface area contributed by atoms with Crippen LogP contribution in [0.25, 0.3) is 11.1 Å². The summed E-state index contributed by atoms with van der Waals surface area (Å²) in [5, 5.41) is 0. The van der Waals surface area contributed by atoms with Gasteiger partial charge in [-0.1, -0.05) is 26.0 Å². The van der Waals surface area contributed by atoms with E-state index in [0.717, 1.165) is 35.3 Å². The van der Waals surface area contributed by atoms with Crippen LogP contribution >= 0.6 is 0 Å². The fraction of sp³-hybridized carbons (Fsp3) is 0.350. The van der Waals surface area contributed by atoms with Crippen LogP contribution in [0.3, 0.4) is 0 Å². The highest BCUT2D eigenvalue weighted by atomic mass is 32.2. The Kier molecular flexibility index (Phi) is 4.65. The van der Waals surface area contributed by atoms with Gasteiger partial charge < -0.3 is 9.32 Å². The Morgan fingerprint density at radius 1 is 1.15 bits per heavy atom. The molecule has 0 amide bonds. The lowest BCUT2D eigenvalue weighted by molar-refractivity contribution is 0.445. The molecule has 2 aromatic carbocycles. The number of aromatic nitrogens is 1. The van der Waals surface area contributed by atoms with Gasteiger partial charge in [0.05, 0.1) is 11.4 Å². The van der Waals surface area contributed by atoms with Gasteiger partial charge >= 0.3 is 0 Å². The Hall–Kier alpha value is -2.38. The molecule has 3 aromatic rings. The molecule has 1 aromatic heterocycles. The maximum Gasteiger partial charge on any atom is 0.243 e. The van der Waals surface area contributed by atoms with E-state index in [0.29, 0.717) is 30.4 Å². The SMILES string of the molecule is CCN(CC)S(=O)(=O)c1ccc2c(c1)CCN2Cc1nc2ccccc2o1. The largest absolute Gasteiger partial charge is 0.439 e. The van der Waals surface area contributed by atoms with Gasteiger partial charge in [-0.3, -0.25) is 0 Å². The van der Waals surface area contributed by atoms with Crippen molar-refractivity contribution in [2.24, 2.45) is 0 Å². The summed E-state index contributed by atoms with van der Waals surface area (Å²) in [7, 11) is -3.43. The van der Waals surface area contributed by atoms with Crippen LogP contribution in [0, 0.1) is 0 Å². The third-order valence-corrected chi connectivity index (χ3v) is 7.10. The number of para-hydroxylation sites is 2. The van der Waals surface area contributed by atoms with E-state index in [9.17, 15) is 8.42 Å². The molecule has 0 N–H and O–H groups in total. The second-order valence-electron chi connectivity index (χ2n) is 6.63. The van der Waals surface area contributed by atoms with E-state index in [2.05, 4.69) is 9.88 Å². The molecular formula is C20H23N3O3S. The molecular weight excluding hydrogens is 362 g/mol. The van der Waals surface area contributed by atoms with Crippen molar-refractivity contribution >= 4 is 26.8 Å². The summed E-state index contributed by atoms with van der Waals surface area (Å²) in [5.74, 6) is 0.670. The topological polar surface area (TPSA) is 66.7 Å². The van der Waals surface area contributed by atoms with Crippen molar-refractivity contribution < 1.29 is 12.8 Å². The van der Waals surface area contributed by atoms with Crippen LogP contribution in [0.4, 0.5) is 5.69 Å². The molecule has 0 bridgehead atoms. The Morgan fingerprint density at radius 3 is 2.67 bits per heavy atom. The van der Waals surface area contributed by atoms with Crippen LogP contribution in [0.15, 0.2) is 51.8 Å². The molecule has 0 saturated heterocycles. The second kappa shape index (κ2) is 6.98. The number of hydrogen-bond acceptors (Lipinski definition) is 5. The standard InChI is InChI=1S/C20H23N3O3S/c1-3-23(4-2)27(24,25)16-9-10-18-15(13-16)11-12-22(18)14-20-21-17-7-5-6-8-19(17)26-20/h5-10,13H,3-4,11-12,14H2,1-2H3. The number of rotatable bonds is 6. The highest BCUT2D eigenvalue weighted by Crippen LogP contribution is 2.32. The van der Waals surface area contributed by atoms with Crippen molar-refractivity contribution in [3.8, 4) is 0 Å². The van der Waals surface area contributed by atoms with Gasteiger partial charge in [0.15, 0.2) is 5.58 Å². The molecule has 0 saturated carbocycles. The van der Waals surface area contributed by atoms with Crippen molar-refractivity contribution in [2.45, 2.75) is 31.7 Å². The first-order valence-electron chi connectivity index (χ1n) is 9.25. The fourth-order valence-corrected chi connectivity index (χ4v) is 5.14. The first-order valence-corrected chi connectivity index (χ1v) is 10.7. The van der Waals surface area contributed by atoms with Crippen molar-refractivity contribution in [3.63, 3.8) is 0 Å². The van der Waals surface area contributed by atoms with E-state index in [1.165, 1.54) is 4.31 Å². The fourth-order valence-electron chi connectivity index (χ4n) is 3.63. The summed E-state index contributed by atoms with van der Waals surface area (Å²) in [6, 6.07) is 13.1. The highest BCUT2D eigenvalue weighted by molar-refractivity contribution is 7.89. The maximum atomic E-state index is 12.8. The van der Waals surface area contributed by atoms with Crippen LogP contribution in [0.5, 0.6) is 0 Å². The molecule has 4 rings (SSSR count). The molecule has 1 aliphatic heterocycles. The Bertz CT molecular complexity index is 1040.